The second-order valence-corrected chi connectivity index (χ2v) is 8.81. The van der Waals surface area contributed by atoms with Crippen molar-refractivity contribution in [2.45, 2.75) is 32.8 Å². The highest BCUT2D eigenvalue weighted by Crippen LogP contribution is 2.43. The number of hydrogen-bond acceptors (Lipinski definition) is 6. The van der Waals surface area contributed by atoms with Gasteiger partial charge in [-0.05, 0) is 42.3 Å². The van der Waals surface area contributed by atoms with Gasteiger partial charge in [0.1, 0.15) is 24.3 Å². The fourth-order valence-corrected chi connectivity index (χ4v) is 4.71. The average Bonchev–Trinajstić information content (AvgIpc) is 2.84. The summed E-state index contributed by atoms with van der Waals surface area (Å²) in [6.07, 6.45) is 3.17. The van der Waals surface area contributed by atoms with Crippen molar-refractivity contribution in [1.29, 1.82) is 0 Å². The maximum Gasteiger partial charge on any atom is 0.302 e. The zero-order valence-electron chi connectivity index (χ0n) is 19.5. The molecule has 1 saturated heterocycles. The molecule has 7 heteroatoms. The molecule has 34 heavy (non-hydrogen) atoms. The Bertz CT molecular complexity index is 1190. The van der Waals surface area contributed by atoms with Gasteiger partial charge in [0.25, 0.3) is 0 Å². The van der Waals surface area contributed by atoms with Crippen LogP contribution in [-0.4, -0.2) is 43.3 Å². The summed E-state index contributed by atoms with van der Waals surface area (Å²) in [6.45, 7) is 5.96. The average molecular weight is 462 g/mol. The number of esters is 1. The third kappa shape index (κ3) is 4.42. The lowest BCUT2D eigenvalue weighted by Crippen LogP contribution is -2.38. The van der Waals surface area contributed by atoms with E-state index in [-0.39, 0.29) is 17.9 Å². The zero-order chi connectivity index (χ0) is 23.7. The van der Waals surface area contributed by atoms with Crippen molar-refractivity contribution in [2.75, 3.05) is 36.0 Å². The number of anilines is 3. The van der Waals surface area contributed by atoms with Gasteiger partial charge in [-0.1, -0.05) is 24.3 Å². The minimum atomic E-state index is -0.270. The largest absolute Gasteiger partial charge is 0.489 e. The van der Waals surface area contributed by atoms with E-state index in [0.29, 0.717) is 44.8 Å². The van der Waals surface area contributed by atoms with E-state index in [9.17, 15) is 4.79 Å². The van der Waals surface area contributed by atoms with E-state index in [1.54, 1.807) is 6.07 Å². The first kappa shape index (κ1) is 22.2. The summed E-state index contributed by atoms with van der Waals surface area (Å²) < 4.78 is 26.6. The van der Waals surface area contributed by atoms with E-state index in [2.05, 4.69) is 9.88 Å². The number of hydrogen-bond donors (Lipinski definition) is 0. The molecular formula is C27H28FN3O3. The summed E-state index contributed by atoms with van der Waals surface area (Å²) in [6, 6.07) is 15.4. The van der Waals surface area contributed by atoms with Gasteiger partial charge >= 0.3 is 5.97 Å². The highest BCUT2D eigenvalue weighted by atomic mass is 19.1. The number of rotatable bonds is 4. The Morgan fingerprint density at radius 3 is 2.62 bits per heavy atom. The quantitative estimate of drug-likeness (QED) is 0.494. The standard InChI is InChI=1S/C27H28FN3O3/c1-18-6-9-26(29-17-18)31-14-15-33-27-22(4-3-5-25(27)31)20-7-8-24(23(28)16-20)30-12-10-21(11-13-30)34-19(2)32/h3-9,16-17,21H,10-15H2,1-2H3. The van der Waals surface area contributed by atoms with Gasteiger partial charge in [-0.15, -0.1) is 0 Å². The predicted octanol–water partition coefficient (Wildman–Crippen LogP) is 5.26. The Morgan fingerprint density at radius 2 is 1.91 bits per heavy atom. The van der Waals surface area contributed by atoms with Gasteiger partial charge in [0.05, 0.1) is 17.9 Å². The van der Waals surface area contributed by atoms with Crippen LogP contribution in [0.2, 0.25) is 0 Å². The van der Waals surface area contributed by atoms with E-state index in [4.69, 9.17) is 9.47 Å². The molecule has 0 N–H and O–H groups in total. The molecule has 2 aliphatic heterocycles. The number of fused-ring (bicyclic) bond motifs is 1. The van der Waals surface area contributed by atoms with Crippen LogP contribution < -0.4 is 14.5 Å². The van der Waals surface area contributed by atoms with Crippen LogP contribution in [-0.2, 0) is 9.53 Å². The van der Waals surface area contributed by atoms with Crippen molar-refractivity contribution < 1.29 is 18.7 Å². The van der Waals surface area contributed by atoms with Crippen molar-refractivity contribution in [1.82, 2.24) is 4.98 Å². The number of halogens is 1. The molecule has 0 atom stereocenters. The Labute approximate surface area is 198 Å². The van der Waals surface area contributed by atoms with Crippen LogP contribution in [0, 0.1) is 12.7 Å². The normalized spacial score (nSPS) is 16.1. The molecule has 6 nitrogen and oxygen atoms in total. The van der Waals surface area contributed by atoms with Crippen LogP contribution >= 0.6 is 0 Å². The van der Waals surface area contributed by atoms with Crippen LogP contribution in [0.4, 0.5) is 21.6 Å². The van der Waals surface area contributed by atoms with Gasteiger partial charge in [0.15, 0.2) is 5.75 Å². The van der Waals surface area contributed by atoms with Gasteiger partial charge in [-0.2, -0.15) is 0 Å². The summed E-state index contributed by atoms with van der Waals surface area (Å²) in [4.78, 5) is 19.9. The van der Waals surface area contributed by atoms with Gasteiger partial charge in [0, 0.05) is 44.6 Å². The van der Waals surface area contributed by atoms with Gasteiger partial charge in [-0.3, -0.25) is 4.79 Å². The number of aryl methyl sites for hydroxylation is 1. The molecule has 0 unspecified atom stereocenters. The van der Waals surface area contributed by atoms with Crippen LogP contribution in [0.5, 0.6) is 5.75 Å². The Kier molecular flexibility index (Phi) is 6.09. The molecule has 1 aromatic heterocycles. The Balaban J connectivity index is 1.40. The van der Waals surface area contributed by atoms with Gasteiger partial charge in [-0.25, -0.2) is 9.37 Å². The summed E-state index contributed by atoms with van der Waals surface area (Å²) in [5, 5.41) is 0. The van der Waals surface area contributed by atoms with Crippen LogP contribution in [0.15, 0.2) is 54.7 Å². The van der Waals surface area contributed by atoms with E-state index in [1.807, 2.05) is 60.5 Å². The molecular weight excluding hydrogens is 433 g/mol. The second kappa shape index (κ2) is 9.33. The summed E-state index contributed by atoms with van der Waals surface area (Å²) in [5.41, 5.74) is 4.23. The van der Waals surface area contributed by atoms with Crippen molar-refractivity contribution >= 4 is 23.2 Å². The molecule has 0 spiro atoms. The van der Waals surface area contributed by atoms with Crippen LogP contribution in [0.25, 0.3) is 11.1 Å². The number of aromatic nitrogens is 1. The monoisotopic (exact) mass is 461 g/mol. The molecule has 2 aliphatic rings. The topological polar surface area (TPSA) is 54.9 Å². The fourth-order valence-electron chi connectivity index (χ4n) is 4.71. The van der Waals surface area contributed by atoms with Crippen LogP contribution in [0.1, 0.15) is 25.3 Å². The number of para-hydroxylation sites is 1. The van der Waals surface area contributed by atoms with E-state index >= 15 is 4.39 Å². The van der Waals surface area contributed by atoms with E-state index < -0.39 is 0 Å². The molecule has 2 aromatic carbocycles. The smallest absolute Gasteiger partial charge is 0.302 e. The number of ether oxygens (including phenoxy) is 2. The van der Waals surface area contributed by atoms with Crippen LogP contribution in [0.3, 0.4) is 0 Å². The highest BCUT2D eigenvalue weighted by molar-refractivity contribution is 5.82. The zero-order valence-corrected chi connectivity index (χ0v) is 19.5. The summed E-state index contributed by atoms with van der Waals surface area (Å²) in [7, 11) is 0. The molecule has 0 aliphatic carbocycles. The molecule has 0 amide bonds. The molecule has 176 valence electrons. The van der Waals surface area contributed by atoms with Gasteiger partial charge < -0.3 is 19.3 Å². The first-order chi connectivity index (χ1) is 16.5. The molecule has 3 heterocycles. The maximum absolute atomic E-state index is 15.3. The SMILES string of the molecule is CC(=O)OC1CCN(c2ccc(-c3cccc4c3OCCN4c3ccc(C)cn3)cc2F)CC1. The van der Waals surface area contributed by atoms with E-state index in [1.165, 1.54) is 6.92 Å². The third-order valence-corrected chi connectivity index (χ3v) is 6.39. The number of benzene rings is 2. The first-order valence-electron chi connectivity index (χ1n) is 11.7. The summed E-state index contributed by atoms with van der Waals surface area (Å²) >= 11 is 0. The lowest BCUT2D eigenvalue weighted by atomic mass is 10.0. The molecule has 0 saturated carbocycles. The molecule has 0 bridgehead atoms. The lowest BCUT2D eigenvalue weighted by molar-refractivity contribution is -0.147. The van der Waals surface area contributed by atoms with Crippen molar-refractivity contribution in [2.24, 2.45) is 0 Å². The number of nitrogens with zero attached hydrogens (tertiary/aromatic N) is 3. The number of carbonyl (C=O) groups excluding carboxylic acids is 1. The minimum Gasteiger partial charge on any atom is -0.489 e. The van der Waals surface area contributed by atoms with Crippen molar-refractivity contribution in [3.63, 3.8) is 0 Å². The van der Waals surface area contributed by atoms with Crippen molar-refractivity contribution in [3.8, 4) is 16.9 Å². The van der Waals surface area contributed by atoms with Crippen molar-refractivity contribution in [3.05, 3.63) is 66.1 Å². The third-order valence-electron chi connectivity index (χ3n) is 6.39. The predicted molar refractivity (Wildman–Crippen MR) is 130 cm³/mol. The van der Waals surface area contributed by atoms with Gasteiger partial charge in [0.2, 0.25) is 0 Å². The maximum atomic E-state index is 15.3. The number of piperidine rings is 1. The molecule has 0 radical (unpaired) electrons. The highest BCUT2D eigenvalue weighted by Gasteiger charge is 2.26. The van der Waals surface area contributed by atoms with E-state index in [0.717, 1.165) is 33.9 Å². The fraction of sp³-hybridized carbons (Fsp3) is 0.333. The lowest BCUT2D eigenvalue weighted by Gasteiger charge is -2.33. The molecule has 5 rings (SSSR count). The Morgan fingerprint density at radius 1 is 1.09 bits per heavy atom. The minimum absolute atomic E-state index is 0.0879. The molecule has 3 aromatic rings. The second-order valence-electron chi connectivity index (χ2n) is 8.81. The molecule has 1 fully saturated rings. The summed E-state index contributed by atoms with van der Waals surface area (Å²) in [5.74, 6) is 1.07. The Hall–Kier alpha value is -3.61. The number of carbonyl (C=O) groups is 1. The first-order valence-corrected chi connectivity index (χ1v) is 11.7. The number of pyridine rings is 1.